The van der Waals surface area contributed by atoms with Crippen LogP contribution in [0.2, 0.25) is 0 Å². The number of rotatable bonds is 2. The van der Waals surface area contributed by atoms with Crippen LogP contribution in [0.1, 0.15) is 10.4 Å². The van der Waals surface area contributed by atoms with Crippen LogP contribution in [0, 0.1) is 0 Å². The molecule has 5 nitrogen and oxygen atoms in total. The summed E-state index contributed by atoms with van der Waals surface area (Å²) in [5.41, 5.74) is 0.595. The number of anilines is 1. The molecule has 0 unspecified atom stereocenters. The Kier molecular flexibility index (Phi) is 2.85. The van der Waals surface area contributed by atoms with Crippen molar-refractivity contribution < 1.29 is 4.79 Å². The van der Waals surface area contributed by atoms with E-state index in [1.54, 1.807) is 11.4 Å². The van der Waals surface area contributed by atoms with Gasteiger partial charge >= 0.3 is 0 Å². The van der Waals surface area contributed by atoms with E-state index in [4.69, 9.17) is 0 Å². The number of hydrogen-bond acceptors (Lipinski definition) is 6. The molecule has 8 heteroatoms. The monoisotopic (exact) mass is 290 g/mol. The Morgan fingerprint density at radius 2 is 2.43 bits per heavy atom. The van der Waals surface area contributed by atoms with Crippen molar-refractivity contribution in [3.8, 4) is 0 Å². The van der Waals surface area contributed by atoms with Crippen LogP contribution in [-0.2, 0) is 0 Å². The Labute approximate surface area is 95.5 Å². The van der Waals surface area contributed by atoms with Crippen LogP contribution in [-0.4, -0.2) is 20.7 Å². The second-order valence-corrected chi connectivity index (χ2v) is 5.28. The van der Waals surface area contributed by atoms with E-state index in [0.717, 1.165) is 15.3 Å². The Bertz CT molecular complexity index is 440. The van der Waals surface area contributed by atoms with Crippen molar-refractivity contribution in [2.45, 2.75) is 0 Å². The van der Waals surface area contributed by atoms with E-state index in [2.05, 4.69) is 36.0 Å². The molecule has 0 fully saturated rings. The molecule has 2 heterocycles. The van der Waals surface area contributed by atoms with E-state index >= 15 is 0 Å². The molecule has 0 radical (unpaired) electrons. The normalized spacial score (nSPS) is 10.1. The number of hydrogen-bond donors (Lipinski definition) is 1. The molecule has 0 aliphatic rings. The van der Waals surface area contributed by atoms with Crippen LogP contribution in [0.15, 0.2) is 15.2 Å². The SMILES string of the molecule is O=C(Nc1nnns1)c1csc(Br)c1. The molecule has 0 aromatic carbocycles. The molecule has 2 aromatic rings. The van der Waals surface area contributed by atoms with E-state index < -0.39 is 0 Å². The molecule has 2 aromatic heterocycles. The largest absolute Gasteiger partial charge is 0.295 e. The summed E-state index contributed by atoms with van der Waals surface area (Å²) in [4.78, 5) is 11.5. The van der Waals surface area contributed by atoms with Gasteiger partial charge in [-0.2, -0.15) is 0 Å². The maximum Gasteiger partial charge on any atom is 0.258 e. The molecule has 14 heavy (non-hydrogen) atoms. The third-order valence-electron chi connectivity index (χ3n) is 1.35. The fourth-order valence-corrected chi connectivity index (χ4v) is 2.28. The quantitative estimate of drug-likeness (QED) is 0.919. The second kappa shape index (κ2) is 4.11. The number of halogens is 1. The first kappa shape index (κ1) is 9.69. The van der Waals surface area contributed by atoms with Crippen molar-refractivity contribution in [3.05, 3.63) is 20.8 Å². The first-order valence-electron chi connectivity index (χ1n) is 3.46. The molecule has 0 aliphatic carbocycles. The first-order chi connectivity index (χ1) is 6.75. The highest BCUT2D eigenvalue weighted by Crippen LogP contribution is 2.21. The number of carbonyl (C=O) groups is 1. The zero-order valence-electron chi connectivity index (χ0n) is 6.60. The third kappa shape index (κ3) is 2.14. The average molecular weight is 291 g/mol. The van der Waals surface area contributed by atoms with E-state index in [0.29, 0.717) is 10.7 Å². The molecule has 72 valence electrons. The molecule has 1 N–H and O–H groups in total. The van der Waals surface area contributed by atoms with Crippen LogP contribution in [0.3, 0.4) is 0 Å². The van der Waals surface area contributed by atoms with E-state index in [-0.39, 0.29) is 5.91 Å². The molecular weight excluding hydrogens is 288 g/mol. The lowest BCUT2D eigenvalue weighted by atomic mass is 10.3. The molecule has 0 aliphatic heterocycles. The second-order valence-electron chi connectivity index (χ2n) is 2.26. The van der Waals surface area contributed by atoms with Crippen LogP contribution in [0.4, 0.5) is 5.13 Å². The smallest absolute Gasteiger partial charge is 0.258 e. The van der Waals surface area contributed by atoms with Gasteiger partial charge in [0.25, 0.3) is 5.91 Å². The van der Waals surface area contributed by atoms with Gasteiger partial charge in [0.2, 0.25) is 5.13 Å². The molecule has 0 atom stereocenters. The van der Waals surface area contributed by atoms with Crippen molar-refractivity contribution >= 4 is 49.8 Å². The van der Waals surface area contributed by atoms with Gasteiger partial charge in [0.15, 0.2) is 0 Å². The molecule has 0 spiro atoms. The fourth-order valence-electron chi connectivity index (χ4n) is 0.780. The molecule has 1 amide bonds. The highest BCUT2D eigenvalue weighted by atomic mass is 79.9. The minimum absolute atomic E-state index is 0.203. The van der Waals surface area contributed by atoms with Crippen LogP contribution in [0.5, 0.6) is 0 Å². The summed E-state index contributed by atoms with van der Waals surface area (Å²) in [6, 6.07) is 1.74. The maximum absolute atomic E-state index is 11.5. The van der Waals surface area contributed by atoms with Gasteiger partial charge in [-0.1, -0.05) is 9.59 Å². The Balaban J connectivity index is 2.10. The van der Waals surface area contributed by atoms with E-state index in [1.165, 1.54) is 11.3 Å². The van der Waals surface area contributed by atoms with Crippen molar-refractivity contribution in [2.75, 3.05) is 5.32 Å². The van der Waals surface area contributed by atoms with Gasteiger partial charge in [-0.3, -0.25) is 10.1 Å². The highest BCUT2D eigenvalue weighted by Gasteiger charge is 2.09. The molecule has 0 saturated heterocycles. The highest BCUT2D eigenvalue weighted by molar-refractivity contribution is 9.11. The van der Waals surface area contributed by atoms with E-state index in [9.17, 15) is 4.79 Å². The summed E-state index contributed by atoms with van der Waals surface area (Å²) >= 11 is 5.77. The Morgan fingerprint density at radius 3 is 3.00 bits per heavy atom. The standard InChI is InChI=1S/C6H3BrN4OS2/c7-4-1-3(2-13-4)5(12)8-6-9-10-11-14-6/h1-2H,(H,8,9,11,12). The number of aromatic nitrogens is 3. The number of amides is 1. The van der Waals surface area contributed by atoms with E-state index in [1.807, 2.05) is 0 Å². The predicted octanol–water partition coefficient (Wildman–Crippen LogP) is 2.01. The lowest BCUT2D eigenvalue weighted by Crippen LogP contribution is -2.10. The van der Waals surface area contributed by atoms with Gasteiger partial charge < -0.3 is 0 Å². The third-order valence-corrected chi connectivity index (χ3v) is 3.37. The fraction of sp³-hybridized carbons (Fsp3) is 0. The van der Waals surface area contributed by atoms with Gasteiger partial charge in [0.05, 0.1) is 9.35 Å². The number of thiophene rings is 1. The van der Waals surface area contributed by atoms with Crippen LogP contribution < -0.4 is 5.32 Å². The Hall–Kier alpha value is -0.860. The lowest BCUT2D eigenvalue weighted by Gasteiger charge is -1.95. The van der Waals surface area contributed by atoms with Crippen LogP contribution >= 0.6 is 38.8 Å². The summed E-state index contributed by atoms with van der Waals surface area (Å²) in [5, 5.41) is 11.7. The molecule has 2 rings (SSSR count). The number of carbonyl (C=O) groups excluding carboxylic acids is 1. The predicted molar refractivity (Wildman–Crippen MR) is 57.7 cm³/mol. The van der Waals surface area contributed by atoms with Crippen molar-refractivity contribution in [1.29, 1.82) is 0 Å². The summed E-state index contributed by atoms with van der Waals surface area (Å²) < 4.78 is 4.45. The van der Waals surface area contributed by atoms with Crippen LogP contribution in [0.25, 0.3) is 0 Å². The summed E-state index contributed by atoms with van der Waals surface area (Å²) in [6.45, 7) is 0. The summed E-state index contributed by atoms with van der Waals surface area (Å²) in [7, 11) is 0. The molecule has 0 saturated carbocycles. The number of nitrogens with one attached hydrogen (secondary N) is 1. The summed E-state index contributed by atoms with van der Waals surface area (Å²) in [6.07, 6.45) is 0. The zero-order valence-corrected chi connectivity index (χ0v) is 9.82. The van der Waals surface area contributed by atoms with Gasteiger partial charge in [0, 0.05) is 16.9 Å². The van der Waals surface area contributed by atoms with Gasteiger partial charge in [-0.15, -0.1) is 11.3 Å². The van der Waals surface area contributed by atoms with Gasteiger partial charge in [-0.25, -0.2) is 0 Å². The topological polar surface area (TPSA) is 67.8 Å². The Morgan fingerprint density at radius 1 is 1.57 bits per heavy atom. The minimum Gasteiger partial charge on any atom is -0.295 e. The first-order valence-corrected chi connectivity index (χ1v) is 5.91. The maximum atomic E-state index is 11.5. The zero-order chi connectivity index (χ0) is 9.97. The lowest BCUT2D eigenvalue weighted by molar-refractivity contribution is 0.102. The average Bonchev–Trinajstić information content (AvgIpc) is 2.75. The minimum atomic E-state index is -0.203. The number of nitrogens with zero attached hydrogens (tertiary/aromatic N) is 3. The molecule has 0 bridgehead atoms. The van der Waals surface area contributed by atoms with Crippen molar-refractivity contribution in [1.82, 2.24) is 14.8 Å². The summed E-state index contributed by atoms with van der Waals surface area (Å²) in [5.74, 6) is -0.203. The van der Waals surface area contributed by atoms with Crippen molar-refractivity contribution in [2.24, 2.45) is 0 Å². The van der Waals surface area contributed by atoms with Gasteiger partial charge in [-0.05, 0) is 27.2 Å². The molecular formula is C6H3BrN4OS2. The van der Waals surface area contributed by atoms with Crippen molar-refractivity contribution in [3.63, 3.8) is 0 Å². The van der Waals surface area contributed by atoms with Gasteiger partial charge in [0.1, 0.15) is 0 Å².